The van der Waals surface area contributed by atoms with Crippen molar-refractivity contribution >= 4 is 5.69 Å². The number of nitrogens with two attached hydrogens (primary N) is 1. The first-order valence-corrected chi connectivity index (χ1v) is 8.30. The van der Waals surface area contributed by atoms with Gasteiger partial charge in [0.25, 0.3) is 0 Å². The summed E-state index contributed by atoms with van der Waals surface area (Å²) < 4.78 is 0. The van der Waals surface area contributed by atoms with Gasteiger partial charge in [-0.1, -0.05) is 59.2 Å². The smallest absolute Gasteiger partial charge is 0.0384 e. The Hall–Kier alpha value is -0.980. The van der Waals surface area contributed by atoms with Crippen LogP contribution in [0.15, 0.2) is 18.2 Å². The molecule has 0 bridgehead atoms. The van der Waals surface area contributed by atoms with Gasteiger partial charge in [0.05, 0.1) is 0 Å². The number of benzene rings is 1. The molecule has 1 fully saturated rings. The Morgan fingerprint density at radius 1 is 1.10 bits per heavy atom. The monoisotopic (exact) mass is 273 g/mol. The molecule has 0 radical (unpaired) electrons. The zero-order valence-corrected chi connectivity index (χ0v) is 13.8. The van der Waals surface area contributed by atoms with E-state index >= 15 is 0 Å². The molecule has 1 nitrogen and oxygen atoms in total. The van der Waals surface area contributed by atoms with Gasteiger partial charge in [0.2, 0.25) is 0 Å². The van der Waals surface area contributed by atoms with Crippen molar-refractivity contribution in [1.82, 2.24) is 0 Å². The topological polar surface area (TPSA) is 26.0 Å². The minimum Gasteiger partial charge on any atom is -0.398 e. The van der Waals surface area contributed by atoms with E-state index in [1.807, 2.05) is 0 Å². The molecule has 1 aromatic carbocycles. The van der Waals surface area contributed by atoms with Crippen LogP contribution in [0.25, 0.3) is 0 Å². The minimum absolute atomic E-state index is 0.508. The third-order valence-corrected chi connectivity index (χ3v) is 5.22. The van der Waals surface area contributed by atoms with Crippen molar-refractivity contribution in [1.29, 1.82) is 0 Å². The first kappa shape index (κ1) is 15.4. The summed E-state index contributed by atoms with van der Waals surface area (Å²) in [6.45, 7) is 11.6. The highest BCUT2D eigenvalue weighted by atomic mass is 14.6. The summed E-state index contributed by atoms with van der Waals surface area (Å²) in [6.07, 6.45) is 4.03. The Morgan fingerprint density at radius 2 is 1.80 bits per heavy atom. The fourth-order valence-electron chi connectivity index (χ4n) is 3.99. The van der Waals surface area contributed by atoms with E-state index in [1.165, 1.54) is 30.4 Å². The summed E-state index contributed by atoms with van der Waals surface area (Å²) in [4.78, 5) is 0. The van der Waals surface area contributed by atoms with E-state index in [0.29, 0.717) is 11.8 Å². The standard InChI is InChI=1S/C19H31N/c1-12(2)15-10-9-14(5)11-18(15)17-8-6-7-16(13(3)4)19(17)20/h6-8,12-15,18H,9-11,20H2,1-5H3. The van der Waals surface area contributed by atoms with Gasteiger partial charge >= 0.3 is 0 Å². The van der Waals surface area contributed by atoms with Gasteiger partial charge in [0, 0.05) is 5.69 Å². The van der Waals surface area contributed by atoms with Crippen LogP contribution in [0.4, 0.5) is 5.69 Å². The number of nitrogen functional groups attached to an aromatic ring is 1. The molecule has 1 aliphatic carbocycles. The first-order valence-electron chi connectivity index (χ1n) is 8.30. The largest absolute Gasteiger partial charge is 0.398 e. The molecule has 0 aromatic heterocycles. The van der Waals surface area contributed by atoms with E-state index in [1.54, 1.807) is 0 Å². The maximum atomic E-state index is 6.52. The van der Waals surface area contributed by atoms with Crippen LogP contribution in [0.3, 0.4) is 0 Å². The lowest BCUT2D eigenvalue weighted by molar-refractivity contribution is 0.197. The fraction of sp³-hybridized carbons (Fsp3) is 0.684. The summed E-state index contributed by atoms with van der Waals surface area (Å²) in [7, 11) is 0. The van der Waals surface area contributed by atoms with Crippen molar-refractivity contribution in [3.8, 4) is 0 Å². The van der Waals surface area contributed by atoms with Crippen molar-refractivity contribution in [3.05, 3.63) is 29.3 Å². The molecule has 0 spiro atoms. The number of anilines is 1. The van der Waals surface area contributed by atoms with Crippen LogP contribution in [0.1, 0.15) is 76.8 Å². The van der Waals surface area contributed by atoms with Crippen LogP contribution >= 0.6 is 0 Å². The van der Waals surface area contributed by atoms with Crippen molar-refractivity contribution in [2.75, 3.05) is 5.73 Å². The van der Waals surface area contributed by atoms with Crippen LogP contribution in [-0.2, 0) is 0 Å². The van der Waals surface area contributed by atoms with Gasteiger partial charge in [-0.2, -0.15) is 0 Å². The Morgan fingerprint density at radius 3 is 2.40 bits per heavy atom. The fourth-order valence-corrected chi connectivity index (χ4v) is 3.99. The van der Waals surface area contributed by atoms with Crippen molar-refractivity contribution < 1.29 is 0 Å². The summed E-state index contributed by atoms with van der Waals surface area (Å²) in [5.74, 6) is 3.52. The maximum Gasteiger partial charge on any atom is 0.0384 e. The Labute approximate surface area is 125 Å². The molecule has 0 aliphatic heterocycles. The molecule has 0 heterocycles. The lowest BCUT2D eigenvalue weighted by Crippen LogP contribution is -2.27. The molecule has 1 aromatic rings. The lowest BCUT2D eigenvalue weighted by atomic mass is 9.67. The summed E-state index contributed by atoms with van der Waals surface area (Å²) in [5.41, 5.74) is 10.3. The van der Waals surface area contributed by atoms with E-state index in [9.17, 15) is 0 Å². The summed E-state index contributed by atoms with van der Waals surface area (Å²) in [6, 6.07) is 6.68. The average Bonchev–Trinajstić information content (AvgIpc) is 2.38. The Bertz CT molecular complexity index is 447. The van der Waals surface area contributed by atoms with Gasteiger partial charge in [-0.15, -0.1) is 0 Å². The highest BCUT2D eigenvalue weighted by Crippen LogP contribution is 2.46. The van der Waals surface area contributed by atoms with Crippen LogP contribution in [0.2, 0.25) is 0 Å². The van der Waals surface area contributed by atoms with Crippen LogP contribution < -0.4 is 5.73 Å². The van der Waals surface area contributed by atoms with E-state index in [-0.39, 0.29) is 0 Å². The van der Waals surface area contributed by atoms with Crippen molar-refractivity contribution in [2.45, 2.75) is 65.7 Å². The number of rotatable bonds is 3. The van der Waals surface area contributed by atoms with Crippen LogP contribution in [0.5, 0.6) is 0 Å². The second-order valence-electron chi connectivity index (χ2n) is 7.44. The number of para-hydroxylation sites is 1. The third kappa shape index (κ3) is 3.02. The normalized spacial score (nSPS) is 27.2. The molecule has 3 unspecified atom stereocenters. The zero-order valence-electron chi connectivity index (χ0n) is 13.8. The van der Waals surface area contributed by atoms with Crippen LogP contribution in [-0.4, -0.2) is 0 Å². The van der Waals surface area contributed by atoms with Gasteiger partial charge in [0.1, 0.15) is 0 Å². The first-order chi connectivity index (χ1) is 9.41. The second-order valence-corrected chi connectivity index (χ2v) is 7.44. The molecular formula is C19H31N. The van der Waals surface area contributed by atoms with E-state index in [2.05, 4.69) is 52.8 Å². The van der Waals surface area contributed by atoms with Crippen molar-refractivity contribution in [3.63, 3.8) is 0 Å². The number of hydrogen-bond donors (Lipinski definition) is 1. The molecule has 1 aliphatic rings. The highest BCUT2D eigenvalue weighted by molar-refractivity contribution is 5.56. The molecule has 0 saturated heterocycles. The van der Waals surface area contributed by atoms with Gasteiger partial charge in [0.15, 0.2) is 0 Å². The molecule has 1 heteroatoms. The van der Waals surface area contributed by atoms with E-state index in [4.69, 9.17) is 5.73 Å². The van der Waals surface area contributed by atoms with Crippen molar-refractivity contribution in [2.24, 2.45) is 17.8 Å². The predicted octanol–water partition coefficient (Wildman–Crippen LogP) is 5.57. The molecular weight excluding hydrogens is 242 g/mol. The van der Waals surface area contributed by atoms with Gasteiger partial charge in [-0.05, 0) is 53.6 Å². The number of hydrogen-bond acceptors (Lipinski definition) is 1. The molecule has 3 atom stereocenters. The maximum absolute atomic E-state index is 6.52. The second kappa shape index (κ2) is 6.20. The Kier molecular flexibility index (Phi) is 4.78. The van der Waals surface area contributed by atoms with E-state index < -0.39 is 0 Å². The SMILES string of the molecule is CC1CCC(C(C)C)C(c2cccc(C(C)C)c2N)C1. The van der Waals surface area contributed by atoms with Crippen LogP contribution in [0, 0.1) is 17.8 Å². The predicted molar refractivity (Wildman–Crippen MR) is 89.0 cm³/mol. The van der Waals surface area contributed by atoms with Gasteiger partial charge in [-0.25, -0.2) is 0 Å². The molecule has 2 N–H and O–H groups in total. The van der Waals surface area contributed by atoms with Gasteiger partial charge < -0.3 is 5.73 Å². The molecule has 112 valence electrons. The van der Waals surface area contributed by atoms with Gasteiger partial charge in [-0.3, -0.25) is 0 Å². The third-order valence-electron chi connectivity index (χ3n) is 5.22. The lowest BCUT2D eigenvalue weighted by Gasteiger charge is -2.38. The molecule has 1 saturated carbocycles. The highest BCUT2D eigenvalue weighted by Gasteiger charge is 2.33. The minimum atomic E-state index is 0.508. The zero-order chi connectivity index (χ0) is 14.9. The molecule has 0 amide bonds. The Balaban J connectivity index is 2.39. The summed E-state index contributed by atoms with van der Waals surface area (Å²) >= 11 is 0. The van der Waals surface area contributed by atoms with E-state index in [0.717, 1.165) is 23.4 Å². The average molecular weight is 273 g/mol. The quantitative estimate of drug-likeness (QED) is 0.716. The molecule has 2 rings (SSSR count). The summed E-state index contributed by atoms with van der Waals surface area (Å²) in [5, 5.41) is 0. The molecule has 20 heavy (non-hydrogen) atoms.